The Balaban J connectivity index is -0.00000000477. The normalized spacial score (nSPS) is 16.4. The van der Waals surface area contributed by atoms with E-state index in [0.29, 0.717) is 35.5 Å². The lowest BCUT2D eigenvalue weighted by Gasteiger charge is -2.41. The summed E-state index contributed by atoms with van der Waals surface area (Å²) >= 11 is 0. The highest BCUT2D eigenvalue weighted by Gasteiger charge is 2.39. The Bertz CT molecular complexity index is 308. The first-order valence-corrected chi connectivity index (χ1v) is 8.87. The maximum atomic E-state index is 9.35. The van der Waals surface area contributed by atoms with Gasteiger partial charge in [-0.3, -0.25) is 0 Å². The molecule has 0 spiro atoms. The Hall–Kier alpha value is -1.28. The van der Waals surface area contributed by atoms with Crippen molar-refractivity contribution in [1.29, 1.82) is 0 Å². The minimum Gasteiger partial charge on any atom is -0.412 e. The topological polar surface area (TPSA) is 963 Å². The van der Waals surface area contributed by atoms with Crippen molar-refractivity contribution in [2.24, 2.45) is 35.5 Å². The Morgan fingerprint density at radius 2 is 0.480 bits per heavy atom. The fraction of sp³-hybridized carbons (Fsp3) is 1.00. The average Bonchev–Trinajstić information content (AvgIpc) is 2.45. The van der Waals surface area contributed by atoms with Gasteiger partial charge in [-0.25, -0.2) is 0 Å². The lowest BCUT2D eigenvalue weighted by Crippen LogP contribution is -2.43. The van der Waals surface area contributed by atoms with Crippen molar-refractivity contribution in [3.05, 3.63) is 0 Å². The number of aliphatic hydroxyl groups is 4. The summed E-state index contributed by atoms with van der Waals surface area (Å²) in [6, 6.07) is 0. The molecule has 0 aliphatic heterocycles. The molecule has 356 valence electrons. The van der Waals surface area contributed by atoms with E-state index in [4.69, 9.17) is 10.2 Å². The molecule has 2 fully saturated rings. The summed E-state index contributed by atoms with van der Waals surface area (Å²) in [4.78, 5) is 0. The number of hydrogen-bond acceptors (Lipinski definition) is 4. The van der Waals surface area contributed by atoms with Gasteiger partial charge in [0.2, 0.25) is 0 Å². The second-order valence-electron chi connectivity index (χ2n) is 8.08. The van der Waals surface area contributed by atoms with Gasteiger partial charge in [-0.1, -0.05) is 27.7 Å². The van der Waals surface area contributed by atoms with Gasteiger partial charge in [-0.2, -0.15) is 0 Å². The van der Waals surface area contributed by atoms with Gasteiger partial charge in [0.05, 0.1) is 12.2 Å². The van der Waals surface area contributed by atoms with Crippen LogP contribution in [-0.4, -0.2) is 199 Å². The molecule has 2 saturated carbocycles. The summed E-state index contributed by atoms with van der Waals surface area (Å²) in [5, 5.41) is 36.4. The Morgan fingerprint density at radius 3 is 0.560 bits per heavy atom. The zero-order chi connectivity index (χ0) is 16.9. The van der Waals surface area contributed by atoms with E-state index in [9.17, 15) is 10.2 Å². The van der Waals surface area contributed by atoms with Crippen LogP contribution >= 0.6 is 0 Å². The van der Waals surface area contributed by atoms with Gasteiger partial charge < -0.3 is 174 Å². The third kappa shape index (κ3) is 81.0. The first-order chi connectivity index (χ1) is 10.3. The van der Waals surface area contributed by atoms with E-state index in [-0.39, 0.29) is 179 Å². The van der Waals surface area contributed by atoms with Crippen LogP contribution in [-0.2, 0) is 0 Å². The van der Waals surface area contributed by atoms with Crippen LogP contribution in [0.15, 0.2) is 0 Å². The van der Waals surface area contributed by atoms with Gasteiger partial charge in [0, 0.05) is 13.2 Å². The van der Waals surface area contributed by atoms with Crippen LogP contribution in [0, 0.1) is 35.5 Å². The maximum Gasteiger partial charge on any atom is 0.0575 e. The molecule has 0 aromatic rings. The smallest absolute Gasteiger partial charge is 0.0575 e. The lowest BCUT2D eigenvalue weighted by molar-refractivity contribution is -0.0640. The van der Waals surface area contributed by atoms with Crippen LogP contribution in [0.25, 0.3) is 0 Å². The van der Waals surface area contributed by atoms with Crippen LogP contribution in [0.5, 0.6) is 0 Å². The second-order valence-corrected chi connectivity index (χ2v) is 8.08. The highest BCUT2D eigenvalue weighted by atomic mass is 16.3. The minimum absolute atomic E-state index is 0. The van der Waals surface area contributed by atoms with Crippen LogP contribution in [0.2, 0.25) is 0 Å². The molecule has 2 rings (SSSR count). The van der Waals surface area contributed by atoms with E-state index in [1.165, 1.54) is 0 Å². The SMILES string of the molecule is CC(C)CC1C(O)CC1CO.CC(C)CC1C(O)CC1CO.O.O.O.O.O.O.O.O.O.O.O.O.O.O.O.O.O.O.O.O.O.O.O.O.O.O.O.O. The molecule has 2 aliphatic rings. The van der Waals surface area contributed by atoms with Crippen molar-refractivity contribution in [3.63, 3.8) is 0 Å². The van der Waals surface area contributed by atoms with E-state index in [1.54, 1.807) is 0 Å². The maximum absolute atomic E-state index is 9.35. The third-order valence-electron chi connectivity index (χ3n) is 5.24. The summed E-state index contributed by atoms with van der Waals surface area (Å²) in [5.74, 6) is 2.72. The van der Waals surface area contributed by atoms with Gasteiger partial charge in [-0.15, -0.1) is 0 Å². The summed E-state index contributed by atoms with van der Waals surface area (Å²) in [6.45, 7) is 9.10. The fourth-order valence-electron chi connectivity index (χ4n) is 3.76. The van der Waals surface area contributed by atoms with E-state index < -0.39 is 0 Å². The Labute approximate surface area is 289 Å². The molecule has 0 aromatic carbocycles. The zero-order valence-electron chi connectivity index (χ0n) is 28.7. The van der Waals surface area contributed by atoms with E-state index in [0.717, 1.165) is 25.7 Å². The van der Waals surface area contributed by atoms with Gasteiger partial charge in [0.1, 0.15) is 0 Å². The Morgan fingerprint density at radius 1 is 0.340 bits per heavy atom. The third-order valence-corrected chi connectivity index (χ3v) is 5.24. The molecule has 0 amide bonds. The molecule has 2 aliphatic carbocycles. The molecule has 60 N–H and O–H groups in total. The molecule has 0 radical (unpaired) electrons. The van der Waals surface area contributed by atoms with Crippen molar-refractivity contribution in [2.75, 3.05) is 13.2 Å². The molecule has 6 unspecified atom stereocenters. The molecule has 50 heavy (non-hydrogen) atoms. The molecule has 0 bridgehead atoms. The molecular weight excluding hydrogens is 728 g/mol. The Kier molecular flexibility index (Phi) is 653. The van der Waals surface area contributed by atoms with Crippen molar-refractivity contribution in [1.82, 2.24) is 0 Å². The van der Waals surface area contributed by atoms with E-state index in [1.807, 2.05) is 0 Å². The van der Waals surface area contributed by atoms with Gasteiger partial charge in [0.15, 0.2) is 0 Å². The highest BCUT2D eigenvalue weighted by Crippen LogP contribution is 2.39. The first-order valence-electron chi connectivity index (χ1n) is 8.87. The van der Waals surface area contributed by atoms with Crippen LogP contribution in [0.4, 0.5) is 0 Å². The van der Waals surface area contributed by atoms with Crippen molar-refractivity contribution in [3.8, 4) is 0 Å². The molecule has 6 atom stereocenters. The molecule has 32 heteroatoms. The summed E-state index contributed by atoms with van der Waals surface area (Å²) < 4.78 is 0. The van der Waals surface area contributed by atoms with E-state index in [2.05, 4.69) is 27.7 Å². The molecule has 0 heterocycles. The van der Waals surface area contributed by atoms with Crippen LogP contribution in [0.1, 0.15) is 53.4 Å². The average molecular weight is 821 g/mol. The number of rotatable bonds is 6. The summed E-state index contributed by atoms with van der Waals surface area (Å²) in [7, 11) is 0. The second kappa shape index (κ2) is 126. The molecule has 0 saturated heterocycles. The predicted molar refractivity (Wildman–Crippen MR) is 189 cm³/mol. The standard InChI is InChI=1S/2C9H18O2.28H2O/c2*1-6(2)3-8-7(5-10)4-9(8)11;;;;;;;;;;;;;;;;;;;;;;;;;;;;/h2*6-11H,3-5H2,1-2H3;28*1H2. The lowest BCUT2D eigenvalue weighted by atomic mass is 9.68. The van der Waals surface area contributed by atoms with Crippen LogP contribution < -0.4 is 0 Å². The summed E-state index contributed by atoms with van der Waals surface area (Å²) in [6.07, 6.45) is 3.41. The minimum atomic E-state index is -0.144. The van der Waals surface area contributed by atoms with Crippen molar-refractivity contribution >= 4 is 0 Å². The van der Waals surface area contributed by atoms with Crippen molar-refractivity contribution < 1.29 is 174 Å². The zero-order valence-corrected chi connectivity index (χ0v) is 28.7. The largest absolute Gasteiger partial charge is 0.412 e. The molecule has 32 nitrogen and oxygen atoms in total. The first kappa shape index (κ1) is 258. The fourth-order valence-corrected chi connectivity index (χ4v) is 3.76. The van der Waals surface area contributed by atoms with Crippen molar-refractivity contribution in [2.45, 2.75) is 65.6 Å². The number of aliphatic hydroxyl groups excluding tert-OH is 4. The molecule has 0 aromatic heterocycles. The quantitative estimate of drug-likeness (QED) is 0.203. The van der Waals surface area contributed by atoms with Gasteiger partial charge in [0.25, 0.3) is 0 Å². The monoisotopic (exact) mass is 821 g/mol. The van der Waals surface area contributed by atoms with Gasteiger partial charge in [-0.05, 0) is 61.2 Å². The number of hydrogen-bond donors (Lipinski definition) is 4. The molecular formula is C18H92O32. The van der Waals surface area contributed by atoms with E-state index >= 15 is 0 Å². The highest BCUT2D eigenvalue weighted by molar-refractivity contribution is 4.89. The van der Waals surface area contributed by atoms with Gasteiger partial charge >= 0.3 is 0 Å². The van der Waals surface area contributed by atoms with Crippen LogP contribution in [0.3, 0.4) is 0 Å². The predicted octanol–water partition coefficient (Wildman–Crippen LogP) is -21.0. The summed E-state index contributed by atoms with van der Waals surface area (Å²) in [5.41, 5.74) is 0.